The molecule has 2 aromatic rings. The number of aldehydes is 1. The lowest BCUT2D eigenvalue weighted by Gasteiger charge is -2.07. The Balaban J connectivity index is 1.82. The summed E-state index contributed by atoms with van der Waals surface area (Å²) < 4.78 is 12.3. The Morgan fingerprint density at radius 2 is 1.94 bits per heavy atom. The summed E-state index contributed by atoms with van der Waals surface area (Å²) in [6.07, 6.45) is 2.47. The van der Waals surface area contributed by atoms with Crippen LogP contribution in [0.1, 0.15) is 10.5 Å². The maximum absolute atomic E-state index is 10.5. The number of hydrogen-bond acceptors (Lipinski definition) is 4. The van der Waals surface area contributed by atoms with E-state index in [9.17, 15) is 4.79 Å². The van der Waals surface area contributed by atoms with E-state index in [-0.39, 0.29) is 0 Å². The molecule has 0 aliphatic rings. The average Bonchev–Trinajstić information content (AvgIpc) is 2.87. The highest BCUT2D eigenvalue weighted by molar-refractivity contribution is 5.71. The fourth-order valence-electron chi connectivity index (χ4n) is 1.49. The molecule has 0 unspecified atom stereocenters. The first-order valence-corrected chi connectivity index (χ1v) is 5.57. The van der Waals surface area contributed by atoms with Crippen molar-refractivity contribution in [3.05, 3.63) is 42.2 Å². The predicted molar refractivity (Wildman–Crippen MR) is 66.1 cm³/mol. The molecule has 0 radical (unpaired) electrons. The van der Waals surface area contributed by atoms with Gasteiger partial charge in [0, 0.05) is 6.20 Å². The minimum atomic E-state index is 0.430. The number of carbonyl (C=O) groups is 1. The van der Waals surface area contributed by atoms with Gasteiger partial charge >= 0.3 is 0 Å². The Hall–Kier alpha value is -2.30. The molecule has 0 saturated carbocycles. The standard InChI is InChI=1S/C13H14N2O3/c1-17-12-2-4-13(5-3-12)18-9-8-15-7-6-11(10-16)14-15/h2-7,10H,8-9H2,1H3. The number of rotatable bonds is 6. The van der Waals surface area contributed by atoms with Crippen LogP contribution in [0.2, 0.25) is 0 Å². The van der Waals surface area contributed by atoms with Gasteiger partial charge in [0.25, 0.3) is 0 Å². The van der Waals surface area contributed by atoms with E-state index in [1.807, 2.05) is 24.3 Å². The van der Waals surface area contributed by atoms with Crippen molar-refractivity contribution in [1.82, 2.24) is 9.78 Å². The smallest absolute Gasteiger partial charge is 0.170 e. The van der Waals surface area contributed by atoms with E-state index < -0.39 is 0 Å². The van der Waals surface area contributed by atoms with Gasteiger partial charge in [-0.2, -0.15) is 5.10 Å². The van der Waals surface area contributed by atoms with Crippen molar-refractivity contribution in [2.75, 3.05) is 13.7 Å². The summed E-state index contributed by atoms with van der Waals surface area (Å²) in [6.45, 7) is 1.09. The quantitative estimate of drug-likeness (QED) is 0.729. The molecule has 0 aliphatic heterocycles. The van der Waals surface area contributed by atoms with E-state index >= 15 is 0 Å². The maximum Gasteiger partial charge on any atom is 0.170 e. The summed E-state index contributed by atoms with van der Waals surface area (Å²) in [5.41, 5.74) is 0.430. The molecule has 0 N–H and O–H groups in total. The fraction of sp³-hybridized carbons (Fsp3) is 0.231. The molecule has 0 aliphatic carbocycles. The Morgan fingerprint density at radius 1 is 1.22 bits per heavy atom. The highest BCUT2D eigenvalue weighted by Crippen LogP contribution is 2.16. The van der Waals surface area contributed by atoms with Crippen LogP contribution in [-0.4, -0.2) is 29.8 Å². The molecule has 94 valence electrons. The number of nitrogens with zero attached hydrogens (tertiary/aromatic N) is 2. The molecule has 0 atom stereocenters. The van der Waals surface area contributed by atoms with Crippen molar-refractivity contribution in [2.24, 2.45) is 0 Å². The van der Waals surface area contributed by atoms with Gasteiger partial charge in [-0.05, 0) is 30.3 Å². The zero-order chi connectivity index (χ0) is 12.8. The van der Waals surface area contributed by atoms with Gasteiger partial charge in [0.2, 0.25) is 0 Å². The lowest BCUT2D eigenvalue weighted by atomic mass is 10.3. The number of methoxy groups -OCH3 is 1. The Labute approximate surface area is 105 Å². The van der Waals surface area contributed by atoms with Gasteiger partial charge in [-0.1, -0.05) is 0 Å². The fourth-order valence-corrected chi connectivity index (χ4v) is 1.49. The van der Waals surface area contributed by atoms with Crippen LogP contribution in [0.25, 0.3) is 0 Å². The topological polar surface area (TPSA) is 53.4 Å². The molecule has 5 heteroatoms. The van der Waals surface area contributed by atoms with Gasteiger partial charge in [0.05, 0.1) is 13.7 Å². The summed E-state index contributed by atoms with van der Waals surface area (Å²) >= 11 is 0. The van der Waals surface area contributed by atoms with Crippen molar-refractivity contribution < 1.29 is 14.3 Å². The van der Waals surface area contributed by atoms with Gasteiger partial charge in [0.1, 0.15) is 23.8 Å². The Morgan fingerprint density at radius 3 is 2.56 bits per heavy atom. The van der Waals surface area contributed by atoms with Crippen LogP contribution < -0.4 is 9.47 Å². The summed E-state index contributed by atoms with van der Waals surface area (Å²) in [4.78, 5) is 10.5. The molecular weight excluding hydrogens is 232 g/mol. The van der Waals surface area contributed by atoms with Crippen molar-refractivity contribution in [1.29, 1.82) is 0 Å². The van der Waals surface area contributed by atoms with Crippen LogP contribution in [0.3, 0.4) is 0 Å². The SMILES string of the molecule is COc1ccc(OCCn2ccc(C=O)n2)cc1. The minimum absolute atomic E-state index is 0.430. The zero-order valence-electron chi connectivity index (χ0n) is 10.1. The molecule has 5 nitrogen and oxygen atoms in total. The molecule has 1 aromatic carbocycles. The van der Waals surface area contributed by atoms with Crippen molar-refractivity contribution in [3.8, 4) is 11.5 Å². The molecule has 0 spiro atoms. The van der Waals surface area contributed by atoms with Crippen LogP contribution in [0.4, 0.5) is 0 Å². The monoisotopic (exact) mass is 246 g/mol. The van der Waals surface area contributed by atoms with Crippen LogP contribution in [0, 0.1) is 0 Å². The first-order chi connectivity index (χ1) is 8.81. The van der Waals surface area contributed by atoms with Gasteiger partial charge < -0.3 is 9.47 Å². The highest BCUT2D eigenvalue weighted by Gasteiger charge is 1.98. The lowest BCUT2D eigenvalue weighted by Crippen LogP contribution is -2.08. The first kappa shape index (κ1) is 12.2. The van der Waals surface area contributed by atoms with E-state index in [2.05, 4.69) is 5.10 Å². The molecule has 1 heterocycles. The minimum Gasteiger partial charge on any atom is -0.497 e. The molecule has 2 rings (SSSR count). The molecule has 0 amide bonds. The van der Waals surface area contributed by atoms with Gasteiger partial charge in [-0.25, -0.2) is 0 Å². The highest BCUT2D eigenvalue weighted by atomic mass is 16.5. The second-order valence-electron chi connectivity index (χ2n) is 3.65. The Kier molecular flexibility index (Phi) is 3.96. The van der Waals surface area contributed by atoms with Gasteiger partial charge in [-0.15, -0.1) is 0 Å². The molecule has 0 saturated heterocycles. The van der Waals surface area contributed by atoms with Crippen LogP contribution in [-0.2, 0) is 6.54 Å². The molecule has 0 bridgehead atoms. The second-order valence-corrected chi connectivity index (χ2v) is 3.65. The average molecular weight is 246 g/mol. The van der Waals surface area contributed by atoms with E-state index in [0.29, 0.717) is 18.8 Å². The number of ether oxygens (including phenoxy) is 2. The summed E-state index contributed by atoms with van der Waals surface area (Å²) in [6, 6.07) is 9.04. The number of benzene rings is 1. The van der Waals surface area contributed by atoms with Crippen molar-refractivity contribution in [3.63, 3.8) is 0 Å². The number of hydrogen-bond donors (Lipinski definition) is 0. The Bertz CT molecular complexity index is 505. The molecule has 1 aromatic heterocycles. The van der Waals surface area contributed by atoms with Gasteiger partial charge in [0.15, 0.2) is 6.29 Å². The van der Waals surface area contributed by atoms with Crippen LogP contribution in [0.15, 0.2) is 36.5 Å². The maximum atomic E-state index is 10.5. The first-order valence-electron chi connectivity index (χ1n) is 5.57. The molecule has 0 fully saturated rings. The summed E-state index contributed by atoms with van der Waals surface area (Å²) in [5.74, 6) is 1.57. The molecule has 18 heavy (non-hydrogen) atoms. The normalized spacial score (nSPS) is 10.1. The third-order valence-electron chi connectivity index (χ3n) is 2.43. The second kappa shape index (κ2) is 5.86. The number of aromatic nitrogens is 2. The summed E-state index contributed by atoms with van der Waals surface area (Å²) in [7, 11) is 1.62. The van der Waals surface area contributed by atoms with Crippen molar-refractivity contribution >= 4 is 6.29 Å². The van der Waals surface area contributed by atoms with E-state index in [4.69, 9.17) is 9.47 Å². The van der Waals surface area contributed by atoms with Crippen LogP contribution in [0.5, 0.6) is 11.5 Å². The third-order valence-corrected chi connectivity index (χ3v) is 2.43. The zero-order valence-corrected chi connectivity index (χ0v) is 10.1. The van der Waals surface area contributed by atoms with E-state index in [0.717, 1.165) is 17.8 Å². The number of carbonyl (C=O) groups excluding carboxylic acids is 1. The van der Waals surface area contributed by atoms with E-state index in [1.165, 1.54) is 0 Å². The largest absolute Gasteiger partial charge is 0.497 e. The summed E-state index contributed by atoms with van der Waals surface area (Å²) in [5, 5.41) is 4.04. The van der Waals surface area contributed by atoms with E-state index in [1.54, 1.807) is 24.1 Å². The van der Waals surface area contributed by atoms with Gasteiger partial charge in [-0.3, -0.25) is 9.48 Å². The third kappa shape index (κ3) is 3.10. The predicted octanol–water partition coefficient (Wildman–Crippen LogP) is 1.78. The lowest BCUT2D eigenvalue weighted by molar-refractivity contribution is 0.111. The van der Waals surface area contributed by atoms with Crippen LogP contribution >= 0.6 is 0 Å². The van der Waals surface area contributed by atoms with Crippen molar-refractivity contribution in [2.45, 2.75) is 6.54 Å². The molecular formula is C13H14N2O3.